The van der Waals surface area contributed by atoms with Crippen LogP contribution in [0.15, 0.2) is 53.7 Å². The van der Waals surface area contributed by atoms with E-state index in [4.69, 9.17) is 5.84 Å². The molecule has 0 saturated carbocycles. The number of anilines is 1. The van der Waals surface area contributed by atoms with Gasteiger partial charge in [-0.05, 0) is 25.0 Å². The summed E-state index contributed by atoms with van der Waals surface area (Å²) in [6.45, 7) is 6.88. The van der Waals surface area contributed by atoms with Crippen molar-refractivity contribution in [1.29, 1.82) is 0 Å². The highest BCUT2D eigenvalue weighted by atomic mass is 32.2. The molecular formula is C25H31N7O2S. The van der Waals surface area contributed by atoms with Crippen molar-refractivity contribution in [2.75, 3.05) is 49.6 Å². The molecule has 10 heteroatoms. The van der Waals surface area contributed by atoms with E-state index < -0.39 is 0 Å². The molecule has 9 nitrogen and oxygen atoms in total. The molecule has 0 aliphatic carbocycles. The fraction of sp³-hybridized carbons (Fsp3) is 0.360. The molecule has 1 aliphatic rings. The predicted octanol–water partition coefficient (Wildman–Crippen LogP) is 2.40. The number of aromatic nitrogens is 3. The molecule has 0 unspecified atom stereocenters. The number of hydrogen-bond donors (Lipinski definition) is 2. The smallest absolute Gasteiger partial charge is 0.238 e. The van der Waals surface area contributed by atoms with Crippen molar-refractivity contribution in [1.82, 2.24) is 24.7 Å². The largest absolute Gasteiger partial charge is 0.339 e. The Morgan fingerprint density at radius 3 is 2.46 bits per heavy atom. The van der Waals surface area contributed by atoms with Gasteiger partial charge in [0.1, 0.15) is 0 Å². The van der Waals surface area contributed by atoms with Gasteiger partial charge in [0.15, 0.2) is 5.82 Å². The predicted molar refractivity (Wildman–Crippen MR) is 139 cm³/mol. The maximum Gasteiger partial charge on any atom is 0.238 e. The molecule has 1 aliphatic heterocycles. The number of para-hydroxylation sites is 1. The zero-order chi connectivity index (χ0) is 24.8. The molecular weight excluding hydrogens is 462 g/mol. The summed E-state index contributed by atoms with van der Waals surface area (Å²) in [4.78, 5) is 29.2. The van der Waals surface area contributed by atoms with Crippen LogP contribution in [0.3, 0.4) is 0 Å². The van der Waals surface area contributed by atoms with E-state index in [2.05, 4.69) is 27.3 Å². The van der Waals surface area contributed by atoms with Crippen LogP contribution >= 0.6 is 11.8 Å². The van der Waals surface area contributed by atoms with Gasteiger partial charge in [0.2, 0.25) is 17.0 Å². The van der Waals surface area contributed by atoms with Crippen LogP contribution in [0.5, 0.6) is 0 Å². The van der Waals surface area contributed by atoms with Crippen LogP contribution in [0, 0.1) is 6.92 Å². The van der Waals surface area contributed by atoms with E-state index in [0.717, 1.165) is 28.8 Å². The Balaban J connectivity index is 1.23. The van der Waals surface area contributed by atoms with E-state index in [1.165, 1.54) is 16.4 Å². The van der Waals surface area contributed by atoms with E-state index in [-0.39, 0.29) is 17.6 Å². The van der Waals surface area contributed by atoms with Gasteiger partial charge in [0.25, 0.3) is 0 Å². The molecule has 184 valence electrons. The van der Waals surface area contributed by atoms with Gasteiger partial charge in [-0.1, -0.05) is 66.7 Å². The average Bonchev–Trinajstić information content (AvgIpc) is 3.23. The van der Waals surface area contributed by atoms with Crippen LogP contribution in [-0.2, 0) is 16.0 Å². The first-order valence-corrected chi connectivity index (χ1v) is 12.7. The Labute approximate surface area is 209 Å². The highest BCUT2D eigenvalue weighted by Crippen LogP contribution is 2.22. The van der Waals surface area contributed by atoms with E-state index in [9.17, 15) is 9.59 Å². The summed E-state index contributed by atoms with van der Waals surface area (Å²) in [5, 5.41) is 11.8. The van der Waals surface area contributed by atoms with Crippen molar-refractivity contribution >= 4 is 29.3 Å². The van der Waals surface area contributed by atoms with Crippen LogP contribution < -0.4 is 11.2 Å². The Bertz CT molecular complexity index is 1170. The van der Waals surface area contributed by atoms with Crippen molar-refractivity contribution in [3.8, 4) is 11.4 Å². The number of nitrogens with zero attached hydrogens (tertiary/aromatic N) is 5. The fourth-order valence-electron chi connectivity index (χ4n) is 3.99. The molecule has 0 atom stereocenters. The molecule has 1 aromatic heterocycles. The molecule has 1 saturated heterocycles. The Kier molecular flexibility index (Phi) is 8.04. The molecule has 2 heterocycles. The van der Waals surface area contributed by atoms with Crippen LogP contribution in [-0.4, -0.2) is 75.0 Å². The number of benzene rings is 2. The third-order valence-corrected chi connectivity index (χ3v) is 6.99. The van der Waals surface area contributed by atoms with Crippen molar-refractivity contribution in [2.24, 2.45) is 0 Å². The number of piperazine rings is 1. The number of nitrogens with two attached hydrogens (primary N) is 1. The topological polar surface area (TPSA) is 109 Å². The van der Waals surface area contributed by atoms with Gasteiger partial charge >= 0.3 is 0 Å². The number of aryl methyl sites for hydroxylation is 2. The minimum absolute atomic E-state index is 0.0239. The highest BCUT2D eigenvalue weighted by Gasteiger charge is 2.23. The van der Waals surface area contributed by atoms with E-state index in [0.29, 0.717) is 43.7 Å². The fourth-order valence-corrected chi connectivity index (χ4v) is 4.75. The van der Waals surface area contributed by atoms with Crippen LogP contribution in [0.25, 0.3) is 11.4 Å². The van der Waals surface area contributed by atoms with Crippen molar-refractivity contribution in [2.45, 2.75) is 25.4 Å². The Morgan fingerprint density at radius 2 is 1.74 bits per heavy atom. The molecule has 3 aromatic rings. The van der Waals surface area contributed by atoms with Gasteiger partial charge in [-0.2, -0.15) is 0 Å². The number of nitrogen functional groups attached to an aromatic ring is 1. The maximum atomic E-state index is 12.7. The van der Waals surface area contributed by atoms with Gasteiger partial charge in [-0.25, -0.2) is 4.68 Å². The number of thioether (sulfide) groups is 1. The second-order valence-corrected chi connectivity index (χ2v) is 9.49. The lowest BCUT2D eigenvalue weighted by Crippen LogP contribution is -2.50. The second-order valence-electron chi connectivity index (χ2n) is 8.55. The second kappa shape index (κ2) is 11.4. The molecule has 0 bridgehead atoms. The van der Waals surface area contributed by atoms with Gasteiger partial charge in [0, 0.05) is 37.4 Å². The summed E-state index contributed by atoms with van der Waals surface area (Å²) in [6.07, 6.45) is 0.864. The van der Waals surface area contributed by atoms with Gasteiger partial charge in [-0.15, -0.1) is 10.2 Å². The first-order valence-electron chi connectivity index (χ1n) is 11.7. The third-order valence-electron chi connectivity index (χ3n) is 6.06. The lowest BCUT2D eigenvalue weighted by atomic mass is 10.1. The van der Waals surface area contributed by atoms with E-state index >= 15 is 0 Å². The number of amides is 2. The van der Waals surface area contributed by atoms with Gasteiger partial charge in [-0.3, -0.25) is 14.5 Å². The standard InChI is InChI=1S/C25H31N7O2S/c1-3-19-6-4-5-7-21(19)27-22(33)16-30-12-14-31(15-13-30)23(34)17-35-25-29-28-24(32(25)26)20-10-8-18(2)9-11-20/h4-11H,3,12-17,26H2,1-2H3,(H,27,33). The molecule has 4 rings (SSSR count). The Morgan fingerprint density at radius 1 is 1.03 bits per heavy atom. The lowest BCUT2D eigenvalue weighted by molar-refractivity contribution is -0.130. The quantitative estimate of drug-likeness (QED) is 0.366. The molecule has 2 amide bonds. The molecule has 0 radical (unpaired) electrons. The highest BCUT2D eigenvalue weighted by molar-refractivity contribution is 7.99. The summed E-state index contributed by atoms with van der Waals surface area (Å²) in [6, 6.07) is 15.7. The van der Waals surface area contributed by atoms with Crippen molar-refractivity contribution in [3.63, 3.8) is 0 Å². The number of rotatable bonds is 8. The van der Waals surface area contributed by atoms with Crippen LogP contribution in [0.4, 0.5) is 5.69 Å². The molecule has 3 N–H and O–H groups in total. The van der Waals surface area contributed by atoms with Crippen LogP contribution in [0.1, 0.15) is 18.1 Å². The SMILES string of the molecule is CCc1ccccc1NC(=O)CN1CCN(C(=O)CSc2nnc(-c3ccc(C)cc3)n2N)CC1. The zero-order valence-corrected chi connectivity index (χ0v) is 20.9. The molecule has 1 fully saturated rings. The zero-order valence-electron chi connectivity index (χ0n) is 20.1. The van der Waals surface area contributed by atoms with Gasteiger partial charge in [0.05, 0.1) is 12.3 Å². The third kappa shape index (κ3) is 6.20. The van der Waals surface area contributed by atoms with E-state index in [1.54, 1.807) is 0 Å². The minimum atomic E-state index is -0.0344. The van der Waals surface area contributed by atoms with Crippen molar-refractivity contribution < 1.29 is 9.59 Å². The molecule has 0 spiro atoms. The summed E-state index contributed by atoms with van der Waals surface area (Å²) < 4.78 is 1.43. The number of carbonyl (C=O) groups is 2. The molecule has 35 heavy (non-hydrogen) atoms. The normalized spacial score (nSPS) is 14.2. The van der Waals surface area contributed by atoms with Crippen molar-refractivity contribution in [3.05, 3.63) is 59.7 Å². The molecule has 2 aromatic carbocycles. The maximum absolute atomic E-state index is 12.7. The minimum Gasteiger partial charge on any atom is -0.339 e. The Hall–Kier alpha value is -3.37. The van der Waals surface area contributed by atoms with Gasteiger partial charge < -0.3 is 16.1 Å². The monoisotopic (exact) mass is 493 g/mol. The number of carbonyl (C=O) groups excluding carboxylic acids is 2. The van der Waals surface area contributed by atoms with E-state index in [1.807, 2.05) is 60.4 Å². The van der Waals surface area contributed by atoms with Crippen LogP contribution in [0.2, 0.25) is 0 Å². The first-order chi connectivity index (χ1) is 16.9. The number of hydrogen-bond acceptors (Lipinski definition) is 7. The number of nitrogens with one attached hydrogen (secondary N) is 1. The summed E-state index contributed by atoms with van der Waals surface area (Å²) in [5.74, 6) is 6.96. The lowest BCUT2D eigenvalue weighted by Gasteiger charge is -2.34. The summed E-state index contributed by atoms with van der Waals surface area (Å²) in [5.41, 5.74) is 4.01. The average molecular weight is 494 g/mol. The summed E-state index contributed by atoms with van der Waals surface area (Å²) in [7, 11) is 0. The summed E-state index contributed by atoms with van der Waals surface area (Å²) >= 11 is 1.28. The first kappa shape index (κ1) is 24.7.